The van der Waals surface area contributed by atoms with Crippen LogP contribution in [0.2, 0.25) is 0 Å². The number of benzene rings is 15. The van der Waals surface area contributed by atoms with Gasteiger partial charge in [0, 0.05) is 32.9 Å². The van der Waals surface area contributed by atoms with Gasteiger partial charge < -0.3 is 9.13 Å². The summed E-state index contributed by atoms with van der Waals surface area (Å²) in [6.07, 6.45) is 0. The fraction of sp³-hybridized carbons (Fsp3) is 0.0110. The summed E-state index contributed by atoms with van der Waals surface area (Å²) in [4.78, 5) is 0. The fourth-order valence-electron chi connectivity index (χ4n) is 15.2. The van der Waals surface area contributed by atoms with Crippen molar-refractivity contribution in [2.45, 2.75) is 5.41 Å². The number of hydrogen-bond donors (Lipinski definition) is 0. The van der Waals surface area contributed by atoms with Crippen LogP contribution in [0.3, 0.4) is 0 Å². The minimum Gasteiger partial charge on any atom is -0.309 e. The van der Waals surface area contributed by atoms with Gasteiger partial charge in [0.15, 0.2) is 0 Å². The zero-order chi connectivity index (χ0) is 61.4. The van der Waals surface area contributed by atoms with Gasteiger partial charge in [-0.3, -0.25) is 0 Å². The summed E-state index contributed by atoms with van der Waals surface area (Å²) >= 11 is 0. The zero-order valence-electron chi connectivity index (χ0n) is 51.0. The van der Waals surface area contributed by atoms with E-state index in [9.17, 15) is 0 Å². The van der Waals surface area contributed by atoms with Gasteiger partial charge in [-0.15, -0.1) is 0 Å². The number of fused-ring (bicyclic) bond motifs is 9. The molecule has 17 aromatic rings. The summed E-state index contributed by atoms with van der Waals surface area (Å²) in [6.45, 7) is 0. The van der Waals surface area contributed by atoms with E-state index < -0.39 is 5.41 Å². The molecule has 2 aromatic heterocycles. The molecule has 1 aliphatic rings. The lowest BCUT2D eigenvalue weighted by molar-refractivity contribution is 0.769. The fourth-order valence-corrected chi connectivity index (χ4v) is 15.2. The van der Waals surface area contributed by atoms with Crippen molar-refractivity contribution in [3.63, 3.8) is 0 Å². The van der Waals surface area contributed by atoms with Crippen molar-refractivity contribution in [3.8, 4) is 100 Å². The standard InChI is InChI=1S/C91H60N2/c1-3-18-61(19-4-1)66-44-50-77(51-45-66)92-87-34-13-9-30-81(87)83-59-73(48-54-89(83)92)74-49-55-90-84(60-74)82-31-10-14-35-88(82)93(90)78-52-46-67(47-53-78)65-38-36-63(37-39-65)64-40-42-68(43-41-64)71-24-16-26-75(57-71)91(85-32-11-7-28-79(85)80-29-8-12-33-86(80)91)76-27-17-25-72(58-76)70-23-15-22-69(56-70)62-20-5-2-6-21-62/h1-60H. The summed E-state index contributed by atoms with van der Waals surface area (Å²) < 4.78 is 4.82. The number of hydrogen-bond acceptors (Lipinski definition) is 0. The quantitative estimate of drug-likeness (QED) is 0.122. The second-order valence-electron chi connectivity index (χ2n) is 24.7. The summed E-state index contributed by atoms with van der Waals surface area (Å²) in [6, 6.07) is 135. The van der Waals surface area contributed by atoms with Gasteiger partial charge in [-0.05, 0) is 190 Å². The molecule has 93 heavy (non-hydrogen) atoms. The molecule has 0 unspecified atom stereocenters. The third kappa shape index (κ3) is 9.02. The minimum absolute atomic E-state index is 0.545. The average Bonchev–Trinajstić information content (AvgIpc) is 1.50. The highest BCUT2D eigenvalue weighted by Gasteiger charge is 2.46. The normalized spacial score (nSPS) is 12.4. The van der Waals surface area contributed by atoms with Crippen LogP contribution in [0.1, 0.15) is 22.3 Å². The molecule has 1 aliphatic carbocycles. The Kier molecular flexibility index (Phi) is 12.8. The molecule has 0 saturated heterocycles. The van der Waals surface area contributed by atoms with Gasteiger partial charge in [0.05, 0.1) is 27.5 Å². The van der Waals surface area contributed by atoms with Crippen molar-refractivity contribution in [1.82, 2.24) is 9.13 Å². The van der Waals surface area contributed by atoms with E-state index in [4.69, 9.17) is 0 Å². The first-order chi connectivity index (χ1) is 46.1. The maximum absolute atomic E-state index is 2.43. The largest absolute Gasteiger partial charge is 0.309 e. The van der Waals surface area contributed by atoms with Crippen LogP contribution in [0.5, 0.6) is 0 Å². The highest BCUT2D eigenvalue weighted by atomic mass is 15.0. The molecule has 0 amide bonds. The molecule has 0 radical (unpaired) electrons. The van der Waals surface area contributed by atoms with Crippen LogP contribution in [-0.4, -0.2) is 9.13 Å². The summed E-state index contributed by atoms with van der Waals surface area (Å²) in [5, 5.41) is 4.96. The first-order valence-corrected chi connectivity index (χ1v) is 32.2. The lowest BCUT2D eigenvalue weighted by atomic mass is 9.67. The molecule has 18 rings (SSSR count). The molecular formula is C91H60N2. The van der Waals surface area contributed by atoms with Gasteiger partial charge in [0.25, 0.3) is 0 Å². The number of para-hydroxylation sites is 2. The molecular weight excluding hydrogens is 1120 g/mol. The summed E-state index contributed by atoms with van der Waals surface area (Å²) in [7, 11) is 0. The third-order valence-electron chi connectivity index (χ3n) is 19.7. The molecule has 2 nitrogen and oxygen atoms in total. The highest BCUT2D eigenvalue weighted by molar-refractivity contribution is 6.13. The van der Waals surface area contributed by atoms with Crippen LogP contribution >= 0.6 is 0 Å². The maximum Gasteiger partial charge on any atom is 0.0713 e. The van der Waals surface area contributed by atoms with E-state index in [0.717, 1.165) is 11.4 Å². The molecule has 0 atom stereocenters. The van der Waals surface area contributed by atoms with E-state index in [0.29, 0.717) is 0 Å². The predicted octanol–water partition coefficient (Wildman–Crippen LogP) is 23.9. The van der Waals surface area contributed by atoms with E-state index in [-0.39, 0.29) is 0 Å². The Morgan fingerprint density at radius 2 is 0.452 bits per heavy atom. The van der Waals surface area contributed by atoms with E-state index in [2.05, 4.69) is 373 Å². The van der Waals surface area contributed by atoms with Gasteiger partial charge in [-0.2, -0.15) is 0 Å². The Morgan fingerprint density at radius 3 is 0.903 bits per heavy atom. The Hall–Kier alpha value is -12.1. The van der Waals surface area contributed by atoms with Crippen LogP contribution in [-0.2, 0) is 5.41 Å². The van der Waals surface area contributed by atoms with Crippen LogP contribution in [0, 0.1) is 0 Å². The molecule has 0 N–H and O–H groups in total. The third-order valence-corrected chi connectivity index (χ3v) is 19.7. The topological polar surface area (TPSA) is 9.86 Å². The Labute approximate surface area is 541 Å². The van der Waals surface area contributed by atoms with Crippen LogP contribution < -0.4 is 0 Å². The zero-order valence-corrected chi connectivity index (χ0v) is 51.0. The molecule has 0 spiro atoms. The van der Waals surface area contributed by atoms with Crippen molar-refractivity contribution >= 4 is 43.6 Å². The van der Waals surface area contributed by atoms with Crippen molar-refractivity contribution in [1.29, 1.82) is 0 Å². The first-order valence-electron chi connectivity index (χ1n) is 32.2. The number of rotatable bonds is 11. The van der Waals surface area contributed by atoms with Crippen molar-refractivity contribution in [3.05, 3.63) is 386 Å². The van der Waals surface area contributed by atoms with E-state index >= 15 is 0 Å². The van der Waals surface area contributed by atoms with E-state index in [1.807, 2.05) is 0 Å². The average molecular weight is 1180 g/mol. The van der Waals surface area contributed by atoms with Crippen molar-refractivity contribution < 1.29 is 0 Å². The maximum atomic E-state index is 2.43. The van der Waals surface area contributed by atoms with Crippen molar-refractivity contribution in [2.24, 2.45) is 0 Å². The molecule has 0 saturated carbocycles. The van der Waals surface area contributed by atoms with Gasteiger partial charge in [0.2, 0.25) is 0 Å². The Bertz CT molecular complexity index is 5650. The van der Waals surface area contributed by atoms with Crippen LogP contribution in [0.15, 0.2) is 364 Å². The predicted molar refractivity (Wildman–Crippen MR) is 390 cm³/mol. The first kappa shape index (κ1) is 53.9. The highest BCUT2D eigenvalue weighted by Crippen LogP contribution is 2.57. The number of nitrogens with zero attached hydrogens (tertiary/aromatic N) is 2. The number of aromatic nitrogens is 2. The van der Waals surface area contributed by atoms with Gasteiger partial charge in [0.1, 0.15) is 0 Å². The van der Waals surface area contributed by atoms with Crippen LogP contribution in [0.4, 0.5) is 0 Å². The van der Waals surface area contributed by atoms with E-state index in [1.54, 1.807) is 0 Å². The monoisotopic (exact) mass is 1180 g/mol. The smallest absolute Gasteiger partial charge is 0.0713 e. The molecule has 15 aromatic carbocycles. The molecule has 0 fully saturated rings. The minimum atomic E-state index is -0.545. The lowest BCUT2D eigenvalue weighted by Gasteiger charge is -2.34. The van der Waals surface area contributed by atoms with Gasteiger partial charge in [-0.1, -0.05) is 285 Å². The van der Waals surface area contributed by atoms with Gasteiger partial charge >= 0.3 is 0 Å². The molecule has 2 heterocycles. The summed E-state index contributed by atoms with van der Waals surface area (Å²) in [5.74, 6) is 0. The second kappa shape index (κ2) is 22.1. The molecule has 2 heteroatoms. The molecule has 0 aliphatic heterocycles. The molecule has 0 bridgehead atoms. The van der Waals surface area contributed by atoms with E-state index in [1.165, 1.54) is 155 Å². The Morgan fingerprint density at radius 1 is 0.172 bits per heavy atom. The van der Waals surface area contributed by atoms with Crippen molar-refractivity contribution in [2.75, 3.05) is 0 Å². The molecule has 434 valence electrons. The Balaban J connectivity index is 0.622. The SMILES string of the molecule is c1ccc(-c2ccc(-n3c4ccccc4c4cc(-c5ccc6c(c5)c5ccccc5n6-c5ccc(-c6ccc(-c7ccc(-c8cccc(C9(c%10cccc(-c%11cccc(-c%12ccccc%12)c%11)c%10)c%10ccccc%10-c%10ccccc%109)c8)cc7)cc6)cc5)ccc43)cc2)cc1. The summed E-state index contributed by atoms with van der Waals surface area (Å²) in [5.41, 5.74) is 30.9. The van der Waals surface area contributed by atoms with Crippen LogP contribution in [0.25, 0.3) is 144 Å². The second-order valence-corrected chi connectivity index (χ2v) is 24.7. The lowest BCUT2D eigenvalue weighted by Crippen LogP contribution is -2.28. The van der Waals surface area contributed by atoms with Gasteiger partial charge in [-0.25, -0.2) is 0 Å².